The van der Waals surface area contributed by atoms with Gasteiger partial charge < -0.3 is 9.47 Å². The molecule has 104 valence electrons. The average molecular weight is 256 g/mol. The van der Waals surface area contributed by atoms with Gasteiger partial charge in [0.15, 0.2) is 11.6 Å². The molecule has 0 heterocycles. The second kappa shape index (κ2) is 15.7. The van der Waals surface area contributed by atoms with Gasteiger partial charge in [0.1, 0.15) is 0 Å². The number of carbonyl (C=O) groups excluding carboxylic acids is 2. The molecule has 0 N–H and O–H groups in total. The van der Waals surface area contributed by atoms with Gasteiger partial charge in [-0.25, -0.2) is 0 Å². The van der Waals surface area contributed by atoms with Gasteiger partial charge in [0.2, 0.25) is 0 Å². The summed E-state index contributed by atoms with van der Waals surface area (Å²) in [7, 11) is 0. The van der Waals surface area contributed by atoms with Gasteiger partial charge in [0.05, 0.1) is 0 Å². The lowest BCUT2D eigenvalue weighted by molar-refractivity contribution is -0.113. The van der Waals surface area contributed by atoms with Crippen molar-refractivity contribution in [3.63, 3.8) is 0 Å². The van der Waals surface area contributed by atoms with Gasteiger partial charge in [0, 0.05) is 26.4 Å². The van der Waals surface area contributed by atoms with Crippen molar-refractivity contribution in [2.75, 3.05) is 26.4 Å². The fourth-order valence-electron chi connectivity index (χ4n) is 0.848. The van der Waals surface area contributed by atoms with E-state index in [2.05, 4.69) is 0 Å². The average Bonchev–Trinajstić information content (AvgIpc) is 2.37. The lowest BCUT2D eigenvalue weighted by Crippen LogP contribution is -1.97. The number of hydrogen-bond donors (Lipinski definition) is 0. The molecule has 1 rings (SSSR count). The summed E-state index contributed by atoms with van der Waals surface area (Å²) in [6.07, 6.45) is 5.01. The van der Waals surface area contributed by atoms with E-state index < -0.39 is 0 Å². The number of ketones is 2. The number of allylic oxidation sites excluding steroid dienone is 4. The Hall–Kier alpha value is -1.26. The second-order valence-electron chi connectivity index (χ2n) is 3.03. The zero-order valence-electron chi connectivity index (χ0n) is 11.8. The van der Waals surface area contributed by atoms with Crippen molar-refractivity contribution in [3.05, 3.63) is 24.3 Å². The minimum absolute atomic E-state index is 0.121. The molecule has 0 fully saturated rings. The zero-order valence-corrected chi connectivity index (χ0v) is 11.8. The van der Waals surface area contributed by atoms with Gasteiger partial charge in [-0.3, -0.25) is 9.59 Å². The van der Waals surface area contributed by atoms with Gasteiger partial charge in [0.25, 0.3) is 0 Å². The molecule has 0 aromatic rings. The van der Waals surface area contributed by atoms with Crippen molar-refractivity contribution in [1.82, 2.24) is 0 Å². The number of ether oxygens (including phenoxy) is 2. The van der Waals surface area contributed by atoms with E-state index in [1.807, 2.05) is 27.7 Å². The minimum Gasteiger partial charge on any atom is -0.382 e. The molecular weight excluding hydrogens is 232 g/mol. The van der Waals surface area contributed by atoms with Crippen LogP contribution in [0.4, 0.5) is 0 Å². The first-order chi connectivity index (χ1) is 8.62. The molecule has 18 heavy (non-hydrogen) atoms. The van der Waals surface area contributed by atoms with Crippen LogP contribution in [0.15, 0.2) is 24.3 Å². The second-order valence-corrected chi connectivity index (χ2v) is 3.03. The molecule has 0 saturated carbocycles. The van der Waals surface area contributed by atoms with Crippen LogP contribution in [0.3, 0.4) is 0 Å². The maximum atomic E-state index is 10.3. The van der Waals surface area contributed by atoms with Crippen molar-refractivity contribution in [2.45, 2.75) is 27.7 Å². The third-order valence-corrected chi connectivity index (χ3v) is 1.64. The van der Waals surface area contributed by atoms with Crippen molar-refractivity contribution < 1.29 is 19.1 Å². The lowest BCUT2D eigenvalue weighted by atomic mass is 10.2. The number of rotatable bonds is 4. The molecule has 0 bridgehead atoms. The molecule has 1 aliphatic carbocycles. The highest BCUT2D eigenvalue weighted by Gasteiger charge is 1.97. The molecule has 0 amide bonds. The predicted octanol–water partition coefficient (Wildman–Crippen LogP) is 2.34. The van der Waals surface area contributed by atoms with Gasteiger partial charge in [-0.2, -0.15) is 0 Å². The fourth-order valence-corrected chi connectivity index (χ4v) is 0.848. The highest BCUT2D eigenvalue weighted by Crippen LogP contribution is 1.90. The van der Waals surface area contributed by atoms with Crippen LogP contribution in [-0.4, -0.2) is 38.0 Å². The predicted molar refractivity (Wildman–Crippen MR) is 72.6 cm³/mol. The minimum atomic E-state index is -0.121. The maximum Gasteiger partial charge on any atom is 0.178 e. The van der Waals surface area contributed by atoms with Crippen molar-refractivity contribution >= 4 is 11.6 Å². The number of carbonyl (C=O) groups is 2. The van der Waals surface area contributed by atoms with E-state index in [9.17, 15) is 9.59 Å². The smallest absolute Gasteiger partial charge is 0.178 e. The number of hydrogen-bond acceptors (Lipinski definition) is 4. The molecule has 0 radical (unpaired) electrons. The van der Waals surface area contributed by atoms with Crippen LogP contribution in [0.25, 0.3) is 0 Å². The highest BCUT2D eigenvalue weighted by molar-refractivity contribution is 6.14. The van der Waals surface area contributed by atoms with E-state index >= 15 is 0 Å². The summed E-state index contributed by atoms with van der Waals surface area (Å²) >= 11 is 0. The summed E-state index contributed by atoms with van der Waals surface area (Å²) in [5.41, 5.74) is 0. The molecule has 0 aromatic carbocycles. The maximum absolute atomic E-state index is 10.3. The Balaban J connectivity index is 0. The Morgan fingerprint density at radius 1 is 0.667 bits per heavy atom. The summed E-state index contributed by atoms with van der Waals surface area (Å²) in [6.45, 7) is 11.3. The molecule has 4 heteroatoms. The highest BCUT2D eigenvalue weighted by atomic mass is 16.5. The van der Waals surface area contributed by atoms with Gasteiger partial charge >= 0.3 is 0 Å². The van der Waals surface area contributed by atoms with E-state index in [-0.39, 0.29) is 11.6 Å². The molecule has 0 aromatic heterocycles. The third-order valence-electron chi connectivity index (χ3n) is 1.64. The van der Waals surface area contributed by atoms with Crippen LogP contribution in [0.1, 0.15) is 27.7 Å². The normalized spacial score (nSPS) is 12.4. The topological polar surface area (TPSA) is 52.6 Å². The fraction of sp³-hybridized carbons (Fsp3) is 0.571. The van der Waals surface area contributed by atoms with Crippen molar-refractivity contribution in [3.8, 4) is 0 Å². The Morgan fingerprint density at radius 2 is 0.889 bits per heavy atom. The zero-order chi connectivity index (χ0) is 14.2. The first-order valence-electron chi connectivity index (χ1n) is 6.21. The van der Waals surface area contributed by atoms with E-state index in [0.29, 0.717) is 0 Å². The summed E-state index contributed by atoms with van der Waals surface area (Å²) in [5.74, 6) is -0.241. The molecular formula is C14H24O4. The van der Waals surface area contributed by atoms with Crippen LogP contribution in [-0.2, 0) is 19.1 Å². The van der Waals surface area contributed by atoms with E-state index in [4.69, 9.17) is 9.47 Å². The van der Waals surface area contributed by atoms with Gasteiger partial charge in [-0.15, -0.1) is 0 Å². The van der Waals surface area contributed by atoms with Crippen LogP contribution in [0.2, 0.25) is 0 Å². The largest absolute Gasteiger partial charge is 0.382 e. The molecule has 0 atom stereocenters. The SMILES string of the molecule is CCOCC.CCOCC.O=C1C=CC(=O)C=C1. The van der Waals surface area contributed by atoms with Crippen LogP contribution < -0.4 is 0 Å². The Kier molecular flexibility index (Phi) is 16.7. The van der Waals surface area contributed by atoms with Gasteiger partial charge in [-0.1, -0.05) is 0 Å². The molecule has 0 unspecified atom stereocenters. The Bertz CT molecular complexity index is 219. The quantitative estimate of drug-likeness (QED) is 0.724. The summed E-state index contributed by atoms with van der Waals surface area (Å²) in [4.78, 5) is 20.6. The molecule has 1 aliphatic rings. The molecule has 0 saturated heterocycles. The van der Waals surface area contributed by atoms with E-state index in [1.54, 1.807) is 0 Å². The van der Waals surface area contributed by atoms with E-state index in [0.717, 1.165) is 26.4 Å². The molecule has 0 spiro atoms. The summed E-state index contributed by atoms with van der Waals surface area (Å²) < 4.78 is 9.67. The Labute approximate surface area is 110 Å². The first-order valence-corrected chi connectivity index (χ1v) is 6.21. The molecule has 0 aliphatic heterocycles. The van der Waals surface area contributed by atoms with E-state index in [1.165, 1.54) is 24.3 Å². The van der Waals surface area contributed by atoms with Crippen molar-refractivity contribution in [2.24, 2.45) is 0 Å². The van der Waals surface area contributed by atoms with Gasteiger partial charge in [-0.05, 0) is 52.0 Å². The monoisotopic (exact) mass is 256 g/mol. The first kappa shape index (κ1) is 19.1. The Morgan fingerprint density at radius 3 is 1.00 bits per heavy atom. The standard InChI is InChI=1S/C6H4O2.2C4H10O/c7-5-1-2-6(8)4-3-5;2*1-3-5-4-2/h1-4H;2*3-4H2,1-2H3. The van der Waals surface area contributed by atoms with Crippen LogP contribution in [0, 0.1) is 0 Å². The summed E-state index contributed by atoms with van der Waals surface area (Å²) in [6, 6.07) is 0. The molecule has 4 nitrogen and oxygen atoms in total. The van der Waals surface area contributed by atoms with Crippen molar-refractivity contribution in [1.29, 1.82) is 0 Å². The van der Waals surface area contributed by atoms with Crippen LogP contribution >= 0.6 is 0 Å². The van der Waals surface area contributed by atoms with Crippen LogP contribution in [0.5, 0.6) is 0 Å². The lowest BCUT2D eigenvalue weighted by Gasteiger charge is -1.87. The third kappa shape index (κ3) is 17.1. The summed E-state index contributed by atoms with van der Waals surface area (Å²) in [5, 5.41) is 0.